The van der Waals surface area contributed by atoms with Gasteiger partial charge in [0.1, 0.15) is 0 Å². The number of aromatic nitrogens is 1. The van der Waals surface area contributed by atoms with Crippen LogP contribution >= 0.6 is 0 Å². The van der Waals surface area contributed by atoms with Crippen LogP contribution in [0, 0.1) is 0 Å². The number of anilines is 6. The molecule has 0 saturated carbocycles. The van der Waals surface area contributed by atoms with Gasteiger partial charge >= 0.3 is 0 Å². The minimum Gasteiger partial charge on any atom is -0.311 e. The zero-order valence-corrected chi connectivity index (χ0v) is 35.7. The second kappa shape index (κ2) is 16.2. The van der Waals surface area contributed by atoms with Crippen molar-refractivity contribution < 1.29 is 0 Å². The standard InChI is InChI=1S/C62H43N3/c1-6-20-44(21-7-1)46-35-41-56-57(42-46)61(64(50-28-14-5-15-29-50)52-38-36-51(37-39-52)63(48-24-10-3-11-25-48)49-26-12-4-13-27-49)55-40-34-47(45-22-8-2-9-23-45)43-58(55)62(56)65-59-32-18-16-30-53(59)54-31-17-19-33-60(54)65/h1-43H. The molecule has 306 valence electrons. The highest BCUT2D eigenvalue weighted by Crippen LogP contribution is 2.50. The Morgan fingerprint density at radius 1 is 0.231 bits per heavy atom. The molecule has 0 radical (unpaired) electrons. The van der Waals surface area contributed by atoms with Crippen molar-refractivity contribution in [3.05, 3.63) is 261 Å². The van der Waals surface area contributed by atoms with Crippen molar-refractivity contribution in [1.29, 1.82) is 0 Å². The molecular weight excluding hydrogens is 787 g/mol. The number of nitrogens with zero attached hydrogens (tertiary/aromatic N) is 3. The van der Waals surface area contributed by atoms with Gasteiger partial charge in [-0.1, -0.05) is 176 Å². The monoisotopic (exact) mass is 829 g/mol. The van der Waals surface area contributed by atoms with Crippen molar-refractivity contribution in [2.75, 3.05) is 9.80 Å². The highest BCUT2D eigenvalue weighted by molar-refractivity contribution is 6.22. The van der Waals surface area contributed by atoms with Crippen molar-refractivity contribution >= 4 is 77.5 Å². The Hall–Kier alpha value is -8.66. The maximum atomic E-state index is 2.51. The van der Waals surface area contributed by atoms with E-state index >= 15 is 0 Å². The molecule has 0 saturated heterocycles. The molecule has 0 bridgehead atoms. The van der Waals surface area contributed by atoms with Crippen LogP contribution in [0.25, 0.3) is 71.3 Å². The van der Waals surface area contributed by atoms with Gasteiger partial charge in [-0.3, -0.25) is 0 Å². The average Bonchev–Trinajstić information content (AvgIpc) is 3.72. The maximum absolute atomic E-state index is 2.51. The number of hydrogen-bond donors (Lipinski definition) is 0. The fourth-order valence-electron chi connectivity index (χ4n) is 9.79. The van der Waals surface area contributed by atoms with Crippen LogP contribution in [0.2, 0.25) is 0 Å². The van der Waals surface area contributed by atoms with Crippen LogP contribution in [0.4, 0.5) is 34.1 Å². The first-order valence-electron chi connectivity index (χ1n) is 22.3. The molecule has 3 heteroatoms. The van der Waals surface area contributed by atoms with Crippen molar-refractivity contribution in [3.63, 3.8) is 0 Å². The van der Waals surface area contributed by atoms with E-state index in [0.29, 0.717) is 0 Å². The smallest absolute Gasteiger partial charge is 0.0620 e. The predicted octanol–water partition coefficient (Wildman–Crippen LogP) is 17.4. The molecule has 0 spiro atoms. The fourth-order valence-corrected chi connectivity index (χ4v) is 9.79. The summed E-state index contributed by atoms with van der Waals surface area (Å²) >= 11 is 0. The summed E-state index contributed by atoms with van der Waals surface area (Å²) < 4.78 is 2.51. The van der Waals surface area contributed by atoms with E-state index in [4.69, 9.17) is 0 Å². The molecule has 0 unspecified atom stereocenters. The molecule has 12 rings (SSSR count). The molecule has 0 fully saturated rings. The lowest BCUT2D eigenvalue weighted by Crippen LogP contribution is -2.13. The van der Waals surface area contributed by atoms with E-state index in [1.165, 1.54) is 55.0 Å². The summed E-state index contributed by atoms with van der Waals surface area (Å²) in [6, 6.07) is 94.5. The molecule has 0 aliphatic rings. The van der Waals surface area contributed by atoms with E-state index in [9.17, 15) is 0 Å². The van der Waals surface area contributed by atoms with Crippen molar-refractivity contribution in [1.82, 2.24) is 4.57 Å². The number of hydrogen-bond acceptors (Lipinski definition) is 2. The minimum absolute atomic E-state index is 1.06. The van der Waals surface area contributed by atoms with Crippen LogP contribution in [0.1, 0.15) is 0 Å². The van der Waals surface area contributed by atoms with E-state index in [0.717, 1.165) is 50.5 Å². The van der Waals surface area contributed by atoms with Crippen molar-refractivity contribution in [2.45, 2.75) is 0 Å². The Morgan fingerprint density at radius 3 is 1.09 bits per heavy atom. The zero-order chi connectivity index (χ0) is 43.1. The van der Waals surface area contributed by atoms with Gasteiger partial charge in [-0.25, -0.2) is 0 Å². The van der Waals surface area contributed by atoms with Gasteiger partial charge in [0.25, 0.3) is 0 Å². The Labute approximate surface area is 378 Å². The first-order chi connectivity index (χ1) is 32.3. The van der Waals surface area contributed by atoms with Gasteiger partial charge in [0, 0.05) is 60.8 Å². The summed E-state index contributed by atoms with van der Waals surface area (Å²) in [6.45, 7) is 0. The fraction of sp³-hybridized carbons (Fsp3) is 0. The number of para-hydroxylation sites is 5. The Morgan fingerprint density at radius 2 is 0.600 bits per heavy atom. The van der Waals surface area contributed by atoms with Gasteiger partial charge in [0.05, 0.1) is 22.4 Å². The van der Waals surface area contributed by atoms with Gasteiger partial charge in [-0.2, -0.15) is 0 Å². The van der Waals surface area contributed by atoms with Gasteiger partial charge in [0.2, 0.25) is 0 Å². The largest absolute Gasteiger partial charge is 0.311 e. The first-order valence-corrected chi connectivity index (χ1v) is 22.3. The molecule has 1 aromatic heterocycles. The van der Waals surface area contributed by atoms with Crippen LogP contribution in [-0.2, 0) is 0 Å². The van der Waals surface area contributed by atoms with Crippen LogP contribution in [0.3, 0.4) is 0 Å². The second-order valence-electron chi connectivity index (χ2n) is 16.5. The summed E-state index contributed by atoms with van der Waals surface area (Å²) in [5.74, 6) is 0. The molecule has 1 heterocycles. The maximum Gasteiger partial charge on any atom is 0.0620 e. The lowest BCUT2D eigenvalue weighted by atomic mass is 9.91. The van der Waals surface area contributed by atoms with Gasteiger partial charge in [0.15, 0.2) is 0 Å². The van der Waals surface area contributed by atoms with E-state index in [2.05, 4.69) is 275 Å². The lowest BCUT2D eigenvalue weighted by molar-refractivity contribution is 1.21. The Kier molecular flexibility index (Phi) is 9.50. The van der Waals surface area contributed by atoms with E-state index in [-0.39, 0.29) is 0 Å². The topological polar surface area (TPSA) is 11.4 Å². The molecule has 0 aliphatic carbocycles. The normalized spacial score (nSPS) is 11.4. The third-order valence-corrected chi connectivity index (χ3v) is 12.7. The highest BCUT2D eigenvalue weighted by Gasteiger charge is 2.26. The van der Waals surface area contributed by atoms with E-state index in [1.54, 1.807) is 0 Å². The number of fused-ring (bicyclic) bond motifs is 5. The number of benzene rings is 11. The molecule has 0 atom stereocenters. The SMILES string of the molecule is c1ccc(-c2ccc3c(-n4c5ccccc5c5ccccc54)c4cc(-c5ccccc5)ccc4c(N(c4ccccc4)c4ccc(N(c5ccccc5)c5ccccc5)cc4)c3c2)cc1. The van der Waals surface area contributed by atoms with Crippen LogP contribution < -0.4 is 9.80 Å². The Balaban J connectivity index is 1.19. The predicted molar refractivity (Wildman–Crippen MR) is 276 cm³/mol. The summed E-state index contributed by atoms with van der Waals surface area (Å²) in [5, 5.41) is 7.12. The molecule has 11 aromatic carbocycles. The van der Waals surface area contributed by atoms with Crippen LogP contribution in [0.5, 0.6) is 0 Å². The summed E-state index contributed by atoms with van der Waals surface area (Å²) in [5.41, 5.74) is 14.8. The third-order valence-electron chi connectivity index (χ3n) is 12.7. The van der Waals surface area contributed by atoms with Crippen LogP contribution in [0.15, 0.2) is 261 Å². The summed E-state index contributed by atoms with van der Waals surface area (Å²) in [7, 11) is 0. The molecule has 12 aromatic rings. The molecule has 0 amide bonds. The molecule has 0 N–H and O–H groups in total. The Bertz CT molecular complexity index is 3530. The first kappa shape index (κ1) is 38.0. The van der Waals surface area contributed by atoms with Crippen molar-refractivity contribution in [2.24, 2.45) is 0 Å². The van der Waals surface area contributed by atoms with Crippen LogP contribution in [-0.4, -0.2) is 4.57 Å². The second-order valence-corrected chi connectivity index (χ2v) is 16.5. The van der Waals surface area contributed by atoms with Gasteiger partial charge in [-0.05, 0) is 107 Å². The minimum atomic E-state index is 1.06. The molecule has 65 heavy (non-hydrogen) atoms. The van der Waals surface area contributed by atoms with Gasteiger partial charge in [-0.15, -0.1) is 0 Å². The average molecular weight is 830 g/mol. The summed E-state index contributed by atoms with van der Waals surface area (Å²) in [4.78, 5) is 4.79. The molecule has 0 aliphatic heterocycles. The highest BCUT2D eigenvalue weighted by atomic mass is 15.2. The number of rotatable bonds is 9. The molecular formula is C62H43N3. The van der Waals surface area contributed by atoms with E-state index < -0.39 is 0 Å². The van der Waals surface area contributed by atoms with Gasteiger partial charge < -0.3 is 14.4 Å². The zero-order valence-electron chi connectivity index (χ0n) is 35.7. The van der Waals surface area contributed by atoms with Crippen molar-refractivity contribution in [3.8, 4) is 27.9 Å². The quantitative estimate of drug-likeness (QED) is 0.134. The molecule has 3 nitrogen and oxygen atoms in total. The van der Waals surface area contributed by atoms with E-state index in [1.807, 2.05) is 0 Å². The lowest BCUT2D eigenvalue weighted by Gasteiger charge is -2.31. The third kappa shape index (κ3) is 6.70. The summed E-state index contributed by atoms with van der Waals surface area (Å²) in [6.07, 6.45) is 0.